The van der Waals surface area contributed by atoms with Crippen molar-refractivity contribution in [3.05, 3.63) is 53.1 Å². The van der Waals surface area contributed by atoms with Crippen molar-refractivity contribution in [3.63, 3.8) is 0 Å². The Kier molecular flexibility index (Phi) is 4.14. The fourth-order valence-electron chi connectivity index (χ4n) is 2.08. The quantitative estimate of drug-likeness (QED) is 0.877. The maximum Gasteiger partial charge on any atom is 0.354 e. The Morgan fingerprint density at radius 3 is 2.85 bits per heavy atom. The molecule has 5 nitrogen and oxygen atoms in total. The summed E-state index contributed by atoms with van der Waals surface area (Å²) in [5.41, 5.74) is 1.40. The van der Waals surface area contributed by atoms with E-state index in [9.17, 15) is 14.3 Å². The molecule has 0 saturated carbocycles. The monoisotopic (exact) mass is 277 g/mol. The highest BCUT2D eigenvalue weighted by Crippen LogP contribution is 2.21. The standard InChI is InChI=1S/C14H16FN3O2/c1-9(10-4-3-5-11(15)6-10)18-13(14(19)20)7-12(17-18)8-16-2/h3-7,9,16H,8H2,1-2H3,(H,19,20). The van der Waals surface area contributed by atoms with Crippen LogP contribution in [0.5, 0.6) is 0 Å². The van der Waals surface area contributed by atoms with Crippen LogP contribution in [0.4, 0.5) is 4.39 Å². The SMILES string of the molecule is CNCc1cc(C(=O)O)n(C(C)c2cccc(F)c2)n1. The number of halogens is 1. The largest absolute Gasteiger partial charge is 0.477 e. The van der Waals surface area contributed by atoms with Gasteiger partial charge in [-0.15, -0.1) is 0 Å². The van der Waals surface area contributed by atoms with Gasteiger partial charge in [0.05, 0.1) is 11.7 Å². The van der Waals surface area contributed by atoms with Gasteiger partial charge in [-0.3, -0.25) is 4.68 Å². The molecule has 0 saturated heterocycles. The van der Waals surface area contributed by atoms with Gasteiger partial charge in [0.25, 0.3) is 0 Å². The predicted octanol–water partition coefficient (Wildman–Crippen LogP) is 2.05. The molecule has 1 unspecified atom stereocenters. The normalized spacial score (nSPS) is 12.3. The first-order valence-electron chi connectivity index (χ1n) is 6.24. The van der Waals surface area contributed by atoms with Crippen molar-refractivity contribution in [3.8, 4) is 0 Å². The summed E-state index contributed by atoms with van der Waals surface area (Å²) in [6, 6.07) is 7.24. The van der Waals surface area contributed by atoms with E-state index in [4.69, 9.17) is 0 Å². The molecule has 1 heterocycles. The lowest BCUT2D eigenvalue weighted by Crippen LogP contribution is -2.15. The molecule has 0 aliphatic heterocycles. The summed E-state index contributed by atoms with van der Waals surface area (Å²) >= 11 is 0. The first-order chi connectivity index (χ1) is 9.52. The lowest BCUT2D eigenvalue weighted by molar-refractivity contribution is 0.0682. The van der Waals surface area contributed by atoms with Gasteiger partial charge in [-0.1, -0.05) is 12.1 Å². The zero-order chi connectivity index (χ0) is 14.7. The average Bonchev–Trinajstić information content (AvgIpc) is 2.82. The van der Waals surface area contributed by atoms with E-state index in [0.29, 0.717) is 17.8 Å². The number of hydrogen-bond donors (Lipinski definition) is 2. The van der Waals surface area contributed by atoms with E-state index >= 15 is 0 Å². The molecule has 0 fully saturated rings. The minimum atomic E-state index is -1.05. The third kappa shape index (κ3) is 2.85. The van der Waals surface area contributed by atoms with Crippen molar-refractivity contribution in [1.29, 1.82) is 0 Å². The Labute approximate surface area is 116 Å². The maximum atomic E-state index is 13.3. The van der Waals surface area contributed by atoms with Crippen LogP contribution in [0.3, 0.4) is 0 Å². The van der Waals surface area contributed by atoms with Crippen LogP contribution in [-0.2, 0) is 6.54 Å². The maximum absolute atomic E-state index is 13.3. The molecule has 106 valence electrons. The molecule has 0 bridgehead atoms. The minimum absolute atomic E-state index is 0.0898. The van der Waals surface area contributed by atoms with Crippen molar-refractivity contribution in [2.24, 2.45) is 0 Å². The number of aromatic nitrogens is 2. The molecule has 1 aromatic carbocycles. The molecular weight excluding hydrogens is 261 g/mol. The number of hydrogen-bond acceptors (Lipinski definition) is 3. The van der Waals surface area contributed by atoms with Gasteiger partial charge in [-0.2, -0.15) is 5.10 Å². The van der Waals surface area contributed by atoms with E-state index < -0.39 is 5.97 Å². The number of benzene rings is 1. The lowest BCUT2D eigenvalue weighted by Gasteiger charge is -2.14. The number of carboxylic acid groups (broad SMARTS) is 1. The van der Waals surface area contributed by atoms with Crippen molar-refractivity contribution in [1.82, 2.24) is 15.1 Å². The molecule has 2 rings (SSSR count). The van der Waals surface area contributed by atoms with E-state index in [-0.39, 0.29) is 17.6 Å². The van der Waals surface area contributed by atoms with Crippen molar-refractivity contribution >= 4 is 5.97 Å². The number of aromatic carboxylic acids is 1. The van der Waals surface area contributed by atoms with Gasteiger partial charge in [0, 0.05) is 6.54 Å². The van der Waals surface area contributed by atoms with Crippen LogP contribution in [0.25, 0.3) is 0 Å². The second-order valence-electron chi connectivity index (χ2n) is 4.53. The number of nitrogens with zero attached hydrogens (tertiary/aromatic N) is 2. The number of carbonyl (C=O) groups is 1. The first kappa shape index (κ1) is 14.2. The van der Waals surface area contributed by atoms with Gasteiger partial charge >= 0.3 is 5.97 Å². The molecule has 0 spiro atoms. The van der Waals surface area contributed by atoms with Crippen molar-refractivity contribution < 1.29 is 14.3 Å². The zero-order valence-corrected chi connectivity index (χ0v) is 11.3. The van der Waals surface area contributed by atoms with E-state index in [0.717, 1.165) is 0 Å². The zero-order valence-electron chi connectivity index (χ0n) is 11.3. The Morgan fingerprint density at radius 2 is 2.25 bits per heavy atom. The third-order valence-corrected chi connectivity index (χ3v) is 3.06. The topological polar surface area (TPSA) is 67.2 Å². The second kappa shape index (κ2) is 5.83. The lowest BCUT2D eigenvalue weighted by atomic mass is 10.1. The number of carboxylic acids is 1. The van der Waals surface area contributed by atoms with E-state index in [1.807, 2.05) is 0 Å². The minimum Gasteiger partial charge on any atom is -0.477 e. The Morgan fingerprint density at radius 1 is 1.50 bits per heavy atom. The Bertz CT molecular complexity index is 625. The first-order valence-corrected chi connectivity index (χ1v) is 6.24. The van der Waals surface area contributed by atoms with Crippen LogP contribution in [0.1, 0.15) is 34.7 Å². The van der Waals surface area contributed by atoms with Crippen LogP contribution < -0.4 is 5.32 Å². The van der Waals surface area contributed by atoms with Crippen LogP contribution in [-0.4, -0.2) is 27.9 Å². The van der Waals surface area contributed by atoms with Gasteiger partial charge in [-0.25, -0.2) is 9.18 Å². The summed E-state index contributed by atoms with van der Waals surface area (Å²) in [5, 5.41) is 16.4. The fraction of sp³-hybridized carbons (Fsp3) is 0.286. The van der Waals surface area contributed by atoms with Crippen LogP contribution >= 0.6 is 0 Å². The van der Waals surface area contributed by atoms with Gasteiger partial charge in [0.2, 0.25) is 0 Å². The fourth-order valence-corrected chi connectivity index (χ4v) is 2.08. The molecule has 0 amide bonds. The molecule has 0 aliphatic rings. The molecule has 20 heavy (non-hydrogen) atoms. The smallest absolute Gasteiger partial charge is 0.354 e. The highest BCUT2D eigenvalue weighted by Gasteiger charge is 2.19. The van der Waals surface area contributed by atoms with E-state index in [1.165, 1.54) is 22.9 Å². The Hall–Kier alpha value is -2.21. The van der Waals surface area contributed by atoms with E-state index in [1.54, 1.807) is 26.1 Å². The summed E-state index contributed by atoms with van der Waals surface area (Å²) in [6.45, 7) is 2.26. The molecule has 6 heteroatoms. The molecule has 0 radical (unpaired) electrons. The summed E-state index contributed by atoms with van der Waals surface area (Å²) in [4.78, 5) is 11.3. The average molecular weight is 277 g/mol. The highest BCUT2D eigenvalue weighted by molar-refractivity contribution is 5.85. The third-order valence-electron chi connectivity index (χ3n) is 3.06. The van der Waals surface area contributed by atoms with Crippen LogP contribution in [0.2, 0.25) is 0 Å². The number of rotatable bonds is 5. The van der Waals surface area contributed by atoms with Gasteiger partial charge < -0.3 is 10.4 Å². The second-order valence-corrected chi connectivity index (χ2v) is 4.53. The molecule has 2 aromatic rings. The summed E-state index contributed by atoms with van der Waals surface area (Å²) < 4.78 is 14.7. The molecule has 2 N–H and O–H groups in total. The summed E-state index contributed by atoms with van der Waals surface area (Å²) in [6.07, 6.45) is 0. The van der Waals surface area contributed by atoms with E-state index in [2.05, 4.69) is 10.4 Å². The number of nitrogens with one attached hydrogen (secondary N) is 1. The highest BCUT2D eigenvalue weighted by atomic mass is 19.1. The van der Waals surface area contributed by atoms with Crippen LogP contribution in [0.15, 0.2) is 30.3 Å². The molecule has 0 aliphatic carbocycles. The summed E-state index contributed by atoms with van der Waals surface area (Å²) in [5.74, 6) is -1.41. The Balaban J connectivity index is 2.42. The molecule has 1 atom stereocenters. The van der Waals surface area contributed by atoms with Gasteiger partial charge in [0.15, 0.2) is 0 Å². The van der Waals surface area contributed by atoms with Crippen LogP contribution in [0, 0.1) is 5.82 Å². The van der Waals surface area contributed by atoms with Gasteiger partial charge in [-0.05, 0) is 37.7 Å². The van der Waals surface area contributed by atoms with Gasteiger partial charge in [0.1, 0.15) is 11.5 Å². The van der Waals surface area contributed by atoms with Crippen molar-refractivity contribution in [2.75, 3.05) is 7.05 Å². The summed E-state index contributed by atoms with van der Waals surface area (Å²) in [7, 11) is 1.76. The van der Waals surface area contributed by atoms with Crippen molar-refractivity contribution in [2.45, 2.75) is 19.5 Å². The molecule has 1 aromatic heterocycles. The predicted molar refractivity (Wildman–Crippen MR) is 72.2 cm³/mol. The molecular formula is C14H16FN3O2.